The van der Waals surface area contributed by atoms with Gasteiger partial charge in [0.1, 0.15) is 10.6 Å². The first-order valence-electron chi connectivity index (χ1n) is 11.1. The minimum Gasteiger partial charge on any atom is -0.309 e. The van der Waals surface area contributed by atoms with Crippen molar-refractivity contribution in [1.29, 1.82) is 0 Å². The Morgan fingerprint density at radius 3 is 2.85 bits per heavy atom. The van der Waals surface area contributed by atoms with Crippen molar-refractivity contribution in [3.05, 3.63) is 98.0 Å². The van der Waals surface area contributed by atoms with E-state index in [0.29, 0.717) is 18.7 Å². The maximum Gasteiger partial charge on any atom is 0.262 e. The molecule has 7 heteroatoms. The number of thiophene rings is 2. The van der Waals surface area contributed by atoms with Gasteiger partial charge in [-0.2, -0.15) is 0 Å². The van der Waals surface area contributed by atoms with E-state index in [0.717, 1.165) is 39.9 Å². The number of rotatable bonds is 5. The van der Waals surface area contributed by atoms with E-state index in [1.807, 2.05) is 24.3 Å². The Bertz CT molecular complexity index is 1500. The van der Waals surface area contributed by atoms with E-state index >= 15 is 0 Å². The molecule has 33 heavy (non-hydrogen) atoms. The second-order valence-electron chi connectivity index (χ2n) is 8.52. The topological polar surface area (TPSA) is 46.9 Å². The average molecular weight is 476 g/mol. The van der Waals surface area contributed by atoms with Crippen molar-refractivity contribution in [2.75, 3.05) is 0 Å². The second kappa shape index (κ2) is 8.48. The average Bonchev–Trinajstić information content (AvgIpc) is 3.41. The number of hydrogen-bond acceptors (Lipinski definition) is 5. The molecular weight excluding hydrogens is 453 g/mol. The highest BCUT2D eigenvalue weighted by molar-refractivity contribution is 7.19. The van der Waals surface area contributed by atoms with Crippen LogP contribution in [-0.2, 0) is 25.9 Å². The van der Waals surface area contributed by atoms with Crippen LogP contribution in [0.5, 0.6) is 0 Å². The smallest absolute Gasteiger partial charge is 0.262 e. The molecule has 3 heterocycles. The number of halogens is 1. The van der Waals surface area contributed by atoms with Gasteiger partial charge in [-0.1, -0.05) is 36.4 Å². The van der Waals surface area contributed by atoms with Gasteiger partial charge in [-0.15, -0.1) is 22.7 Å². The molecule has 2 aromatic carbocycles. The third kappa shape index (κ3) is 3.90. The van der Waals surface area contributed by atoms with Crippen molar-refractivity contribution in [1.82, 2.24) is 14.9 Å². The Balaban J connectivity index is 1.24. The molecule has 0 aliphatic heterocycles. The van der Waals surface area contributed by atoms with Crippen molar-refractivity contribution < 1.29 is 4.39 Å². The molecule has 0 saturated carbocycles. The van der Waals surface area contributed by atoms with Crippen LogP contribution in [0.1, 0.15) is 27.3 Å². The predicted octanol–water partition coefficient (Wildman–Crippen LogP) is 5.51. The van der Waals surface area contributed by atoms with Crippen LogP contribution in [0, 0.1) is 5.82 Å². The molecule has 0 spiro atoms. The normalized spacial score (nSPS) is 15.8. The number of nitrogens with one attached hydrogen (secondary N) is 1. The lowest BCUT2D eigenvalue weighted by Crippen LogP contribution is -2.34. The number of aromatic nitrogens is 2. The fraction of sp³-hybridized carbons (Fsp3) is 0.231. The van der Waals surface area contributed by atoms with Crippen LogP contribution in [0.25, 0.3) is 20.3 Å². The summed E-state index contributed by atoms with van der Waals surface area (Å²) in [5.41, 5.74) is 1.89. The van der Waals surface area contributed by atoms with Crippen molar-refractivity contribution in [2.45, 2.75) is 38.4 Å². The van der Waals surface area contributed by atoms with E-state index in [1.54, 1.807) is 39.6 Å². The minimum atomic E-state index is -0.174. The summed E-state index contributed by atoms with van der Waals surface area (Å²) in [6.45, 7) is 1.05. The molecular formula is C26H22FN3OS2. The summed E-state index contributed by atoms with van der Waals surface area (Å²) in [4.78, 5) is 21.2. The van der Waals surface area contributed by atoms with E-state index in [9.17, 15) is 9.18 Å². The summed E-state index contributed by atoms with van der Waals surface area (Å²) in [6, 6.07) is 17.6. The molecule has 1 aliphatic rings. The number of aryl methyl sites for hydroxylation is 1. The van der Waals surface area contributed by atoms with Gasteiger partial charge in [-0.3, -0.25) is 9.36 Å². The van der Waals surface area contributed by atoms with E-state index < -0.39 is 0 Å². The lowest BCUT2D eigenvalue weighted by molar-refractivity contribution is 0.456. The highest BCUT2D eigenvalue weighted by atomic mass is 32.1. The summed E-state index contributed by atoms with van der Waals surface area (Å²) in [7, 11) is 0. The van der Waals surface area contributed by atoms with Crippen molar-refractivity contribution >= 4 is 43.0 Å². The van der Waals surface area contributed by atoms with Gasteiger partial charge >= 0.3 is 0 Å². The monoisotopic (exact) mass is 475 g/mol. The van der Waals surface area contributed by atoms with Gasteiger partial charge in [0.15, 0.2) is 0 Å². The van der Waals surface area contributed by atoms with Gasteiger partial charge < -0.3 is 5.32 Å². The summed E-state index contributed by atoms with van der Waals surface area (Å²) >= 11 is 3.35. The number of benzene rings is 2. The number of nitrogens with zero attached hydrogens (tertiary/aromatic N) is 2. The van der Waals surface area contributed by atoms with E-state index in [2.05, 4.69) is 28.5 Å². The largest absolute Gasteiger partial charge is 0.309 e. The second-order valence-corrected chi connectivity index (χ2v) is 10.8. The van der Waals surface area contributed by atoms with Gasteiger partial charge in [0.2, 0.25) is 0 Å². The molecule has 0 fully saturated rings. The Kier molecular flexibility index (Phi) is 5.32. The van der Waals surface area contributed by atoms with Crippen LogP contribution in [0.4, 0.5) is 4.39 Å². The SMILES string of the molecule is O=c1c2c3c(sc2ncn1Cc1cc2ccccc2s1)CC(NCc1ccccc1F)CC3. The maximum absolute atomic E-state index is 13.9. The fourth-order valence-electron chi connectivity index (χ4n) is 4.67. The standard InChI is InChI=1S/C26H22FN3OS2/c27-21-7-3-1-6-17(21)13-28-18-9-10-20-23(12-18)33-25-24(20)26(31)30(15-29-25)14-19-11-16-5-2-4-8-22(16)32-19/h1-8,11,15,18,28H,9-10,12-14H2. The molecule has 0 bridgehead atoms. The van der Waals surface area contributed by atoms with E-state index in [1.165, 1.54) is 21.0 Å². The third-order valence-electron chi connectivity index (χ3n) is 6.38. The van der Waals surface area contributed by atoms with Crippen LogP contribution in [0.2, 0.25) is 0 Å². The molecule has 1 unspecified atom stereocenters. The Labute approximate surface area is 198 Å². The molecule has 0 radical (unpaired) electrons. The van der Waals surface area contributed by atoms with Crippen LogP contribution >= 0.6 is 22.7 Å². The maximum atomic E-state index is 13.9. The molecule has 1 atom stereocenters. The molecule has 0 saturated heterocycles. The first kappa shape index (κ1) is 20.7. The van der Waals surface area contributed by atoms with E-state index in [-0.39, 0.29) is 17.4 Å². The molecule has 6 rings (SSSR count). The quantitative estimate of drug-likeness (QED) is 0.365. The summed E-state index contributed by atoms with van der Waals surface area (Å²) in [6.07, 6.45) is 4.30. The van der Waals surface area contributed by atoms with Crippen LogP contribution in [-0.4, -0.2) is 15.6 Å². The minimum absolute atomic E-state index is 0.0488. The van der Waals surface area contributed by atoms with Gasteiger partial charge in [-0.25, -0.2) is 9.37 Å². The highest BCUT2D eigenvalue weighted by Crippen LogP contribution is 2.34. The van der Waals surface area contributed by atoms with Gasteiger partial charge in [0, 0.05) is 32.6 Å². The van der Waals surface area contributed by atoms with E-state index in [4.69, 9.17) is 0 Å². The van der Waals surface area contributed by atoms with Crippen molar-refractivity contribution in [3.8, 4) is 0 Å². The molecule has 0 amide bonds. The first-order valence-corrected chi connectivity index (χ1v) is 12.7. The Hall–Kier alpha value is -2.87. The first-order chi connectivity index (χ1) is 16.2. The Morgan fingerprint density at radius 2 is 1.97 bits per heavy atom. The van der Waals surface area contributed by atoms with Gasteiger partial charge in [0.25, 0.3) is 5.56 Å². The zero-order valence-corrected chi connectivity index (χ0v) is 19.5. The number of hydrogen-bond donors (Lipinski definition) is 1. The fourth-order valence-corrected chi connectivity index (χ4v) is 6.99. The predicted molar refractivity (Wildman–Crippen MR) is 134 cm³/mol. The Morgan fingerprint density at radius 1 is 1.12 bits per heavy atom. The van der Waals surface area contributed by atoms with Crippen molar-refractivity contribution in [3.63, 3.8) is 0 Å². The van der Waals surface area contributed by atoms with Gasteiger partial charge in [0.05, 0.1) is 18.3 Å². The summed E-state index contributed by atoms with van der Waals surface area (Å²) < 4.78 is 16.9. The van der Waals surface area contributed by atoms with Crippen LogP contribution in [0.15, 0.2) is 65.7 Å². The molecule has 3 aromatic heterocycles. The lowest BCUT2D eigenvalue weighted by Gasteiger charge is -2.23. The molecule has 166 valence electrons. The lowest BCUT2D eigenvalue weighted by atomic mass is 9.93. The van der Waals surface area contributed by atoms with Crippen LogP contribution in [0.3, 0.4) is 0 Å². The van der Waals surface area contributed by atoms with Crippen molar-refractivity contribution in [2.24, 2.45) is 0 Å². The van der Waals surface area contributed by atoms with Gasteiger partial charge in [-0.05, 0) is 48.4 Å². The zero-order chi connectivity index (χ0) is 22.4. The molecule has 1 aliphatic carbocycles. The third-order valence-corrected chi connectivity index (χ3v) is 8.64. The molecule has 5 aromatic rings. The zero-order valence-electron chi connectivity index (χ0n) is 17.9. The number of fused-ring (bicyclic) bond motifs is 4. The highest BCUT2D eigenvalue weighted by Gasteiger charge is 2.25. The van der Waals surface area contributed by atoms with Crippen LogP contribution < -0.4 is 10.9 Å². The molecule has 4 nitrogen and oxygen atoms in total. The molecule has 1 N–H and O–H groups in total. The summed E-state index contributed by atoms with van der Waals surface area (Å²) in [5.74, 6) is -0.174. The summed E-state index contributed by atoms with van der Waals surface area (Å²) in [5, 5.41) is 5.49.